The third kappa shape index (κ3) is 6.01. The van der Waals surface area contributed by atoms with Crippen molar-refractivity contribution in [2.24, 2.45) is 0 Å². The van der Waals surface area contributed by atoms with Crippen molar-refractivity contribution in [2.75, 3.05) is 4.90 Å². The van der Waals surface area contributed by atoms with Crippen LogP contribution in [0.1, 0.15) is 0 Å². The third-order valence-electron chi connectivity index (χ3n) is 12.2. The molecule has 61 heavy (non-hydrogen) atoms. The Bertz CT molecular complexity index is 3540. The lowest BCUT2D eigenvalue weighted by Crippen LogP contribution is -2.10. The molecule has 286 valence electrons. The molecule has 0 N–H and O–H groups in total. The molecule has 0 aliphatic heterocycles. The standard InChI is InChI=1S/C58H38N2S/c1-2-16-44(17-3-1)59(45-31-28-40(29-32-45)42-27-26-39-14-4-5-15-41(39)36-42)46-33-34-47(52(38-46)43-30-35-58-53(37-43)51-21-9-13-25-57(51)61-58)48-18-6-10-22-54(48)60-55-23-11-7-19-49(55)50-20-8-12-24-56(50)60/h1-38H. The lowest BCUT2D eigenvalue weighted by molar-refractivity contribution is 1.18. The molecular formula is C58H38N2S. The van der Waals surface area contributed by atoms with E-state index in [1.54, 1.807) is 0 Å². The van der Waals surface area contributed by atoms with Gasteiger partial charge >= 0.3 is 0 Å². The van der Waals surface area contributed by atoms with Crippen LogP contribution in [0.15, 0.2) is 231 Å². The highest BCUT2D eigenvalue weighted by Crippen LogP contribution is 2.45. The quantitative estimate of drug-likeness (QED) is 0.156. The first kappa shape index (κ1) is 35.2. The molecule has 0 saturated heterocycles. The summed E-state index contributed by atoms with van der Waals surface area (Å²) >= 11 is 1.86. The maximum absolute atomic E-state index is 2.45. The molecule has 12 rings (SSSR count). The van der Waals surface area contributed by atoms with Gasteiger partial charge < -0.3 is 9.47 Å². The summed E-state index contributed by atoms with van der Waals surface area (Å²) in [5.74, 6) is 0. The summed E-state index contributed by atoms with van der Waals surface area (Å²) in [4.78, 5) is 2.38. The summed E-state index contributed by atoms with van der Waals surface area (Å²) in [6.45, 7) is 0. The van der Waals surface area contributed by atoms with Gasteiger partial charge in [0.25, 0.3) is 0 Å². The van der Waals surface area contributed by atoms with Gasteiger partial charge in [-0.1, -0.05) is 152 Å². The second-order valence-corrected chi connectivity index (χ2v) is 16.8. The van der Waals surface area contributed by atoms with Crippen LogP contribution in [0.5, 0.6) is 0 Å². The van der Waals surface area contributed by atoms with E-state index in [-0.39, 0.29) is 0 Å². The molecule has 0 atom stereocenters. The van der Waals surface area contributed by atoms with Crippen LogP contribution in [0.25, 0.3) is 91.8 Å². The molecule has 0 spiro atoms. The smallest absolute Gasteiger partial charge is 0.0541 e. The summed E-state index contributed by atoms with van der Waals surface area (Å²) in [7, 11) is 0. The Morgan fingerprint density at radius 3 is 1.70 bits per heavy atom. The van der Waals surface area contributed by atoms with Gasteiger partial charge in [0.2, 0.25) is 0 Å². The predicted molar refractivity (Wildman–Crippen MR) is 262 cm³/mol. The number of benzene rings is 10. The highest BCUT2D eigenvalue weighted by molar-refractivity contribution is 7.25. The average molecular weight is 795 g/mol. The van der Waals surface area contributed by atoms with Gasteiger partial charge in [0.1, 0.15) is 0 Å². The monoisotopic (exact) mass is 794 g/mol. The molecule has 2 heterocycles. The van der Waals surface area contributed by atoms with Gasteiger partial charge in [0.05, 0.1) is 16.7 Å². The first-order valence-corrected chi connectivity index (χ1v) is 21.6. The fourth-order valence-corrected chi connectivity index (χ4v) is 10.4. The average Bonchev–Trinajstić information content (AvgIpc) is 3.87. The van der Waals surface area contributed by atoms with Crippen LogP contribution < -0.4 is 4.90 Å². The molecule has 10 aromatic carbocycles. The number of anilines is 3. The minimum atomic E-state index is 1.09. The van der Waals surface area contributed by atoms with Crippen molar-refractivity contribution in [1.29, 1.82) is 0 Å². The normalized spacial score (nSPS) is 11.6. The van der Waals surface area contributed by atoms with E-state index in [2.05, 4.69) is 240 Å². The summed E-state index contributed by atoms with van der Waals surface area (Å²) in [6.07, 6.45) is 0. The van der Waals surface area contributed by atoms with Gasteiger partial charge in [-0.05, 0) is 117 Å². The number of nitrogens with zero attached hydrogens (tertiary/aromatic N) is 2. The Hall–Kier alpha value is -7.72. The summed E-state index contributed by atoms with van der Waals surface area (Å²) in [6, 6.07) is 84.3. The van der Waals surface area contributed by atoms with E-state index < -0.39 is 0 Å². The minimum Gasteiger partial charge on any atom is -0.310 e. The number of hydrogen-bond acceptors (Lipinski definition) is 2. The number of fused-ring (bicyclic) bond motifs is 7. The maximum Gasteiger partial charge on any atom is 0.0541 e. The van der Waals surface area contributed by atoms with E-state index in [0.29, 0.717) is 0 Å². The van der Waals surface area contributed by atoms with E-state index in [4.69, 9.17) is 0 Å². The minimum absolute atomic E-state index is 1.09. The molecule has 0 fully saturated rings. The highest BCUT2D eigenvalue weighted by Gasteiger charge is 2.21. The van der Waals surface area contributed by atoms with Crippen molar-refractivity contribution in [1.82, 2.24) is 4.57 Å². The van der Waals surface area contributed by atoms with Crippen molar-refractivity contribution in [3.8, 4) is 39.1 Å². The van der Waals surface area contributed by atoms with Crippen LogP contribution in [-0.2, 0) is 0 Å². The Labute approximate surface area is 358 Å². The molecule has 0 aliphatic carbocycles. The lowest BCUT2D eigenvalue weighted by atomic mass is 9.91. The van der Waals surface area contributed by atoms with E-state index in [9.17, 15) is 0 Å². The fourth-order valence-electron chi connectivity index (χ4n) is 9.31. The Morgan fingerprint density at radius 2 is 0.902 bits per heavy atom. The van der Waals surface area contributed by atoms with Gasteiger partial charge in [-0.15, -0.1) is 11.3 Å². The fraction of sp³-hybridized carbons (Fsp3) is 0. The van der Waals surface area contributed by atoms with Crippen molar-refractivity contribution in [3.63, 3.8) is 0 Å². The lowest BCUT2D eigenvalue weighted by Gasteiger charge is -2.27. The number of hydrogen-bond donors (Lipinski definition) is 0. The second-order valence-electron chi connectivity index (χ2n) is 15.7. The van der Waals surface area contributed by atoms with Crippen molar-refractivity contribution in [3.05, 3.63) is 231 Å². The summed E-state index contributed by atoms with van der Waals surface area (Å²) in [5, 5.41) is 7.59. The first-order chi connectivity index (χ1) is 30.2. The van der Waals surface area contributed by atoms with Gasteiger partial charge in [0, 0.05) is 53.6 Å². The highest BCUT2D eigenvalue weighted by atomic mass is 32.1. The number of para-hydroxylation sites is 4. The molecule has 2 nitrogen and oxygen atoms in total. The number of thiophene rings is 1. The van der Waals surface area contributed by atoms with Gasteiger partial charge in [-0.2, -0.15) is 0 Å². The first-order valence-electron chi connectivity index (χ1n) is 20.8. The van der Waals surface area contributed by atoms with Crippen LogP contribution in [0.2, 0.25) is 0 Å². The maximum atomic E-state index is 2.45. The van der Waals surface area contributed by atoms with E-state index >= 15 is 0 Å². The van der Waals surface area contributed by atoms with Gasteiger partial charge in [-0.3, -0.25) is 0 Å². The molecule has 12 aromatic rings. The van der Waals surface area contributed by atoms with Gasteiger partial charge in [0.15, 0.2) is 0 Å². The molecule has 0 aliphatic rings. The van der Waals surface area contributed by atoms with Crippen molar-refractivity contribution >= 4 is 81.1 Å². The largest absolute Gasteiger partial charge is 0.310 e. The molecule has 0 bridgehead atoms. The Balaban J connectivity index is 1.07. The van der Waals surface area contributed by atoms with Crippen molar-refractivity contribution < 1.29 is 0 Å². The topological polar surface area (TPSA) is 8.17 Å². The Morgan fingerprint density at radius 1 is 0.311 bits per heavy atom. The molecule has 3 heteroatoms. The number of aromatic nitrogens is 1. The zero-order valence-electron chi connectivity index (χ0n) is 33.2. The van der Waals surface area contributed by atoms with E-state index in [0.717, 1.165) is 22.7 Å². The summed E-state index contributed by atoms with van der Waals surface area (Å²) in [5.41, 5.74) is 14.0. The van der Waals surface area contributed by atoms with Gasteiger partial charge in [-0.25, -0.2) is 0 Å². The predicted octanol–water partition coefficient (Wildman–Crippen LogP) is 16.8. The second kappa shape index (κ2) is 14.5. The van der Waals surface area contributed by atoms with Crippen LogP contribution >= 0.6 is 11.3 Å². The van der Waals surface area contributed by atoms with Crippen LogP contribution in [0.3, 0.4) is 0 Å². The van der Waals surface area contributed by atoms with Crippen LogP contribution in [-0.4, -0.2) is 4.57 Å². The molecule has 2 aromatic heterocycles. The molecule has 0 amide bonds. The van der Waals surface area contributed by atoms with Crippen molar-refractivity contribution in [2.45, 2.75) is 0 Å². The molecule has 0 unspecified atom stereocenters. The number of rotatable bonds is 7. The van der Waals surface area contributed by atoms with Crippen LogP contribution in [0, 0.1) is 0 Å². The summed E-state index contributed by atoms with van der Waals surface area (Å²) < 4.78 is 5.05. The SMILES string of the molecule is c1ccc(N(c2ccc(-c3ccc4ccccc4c3)cc2)c2ccc(-c3ccccc3-n3c4ccccc4c4ccccc43)c(-c3ccc4sc5ccccc5c4c3)c2)cc1. The zero-order valence-corrected chi connectivity index (χ0v) is 34.1. The zero-order chi connectivity index (χ0) is 40.3. The molecular weight excluding hydrogens is 757 g/mol. The Kier molecular flexibility index (Phi) is 8.39. The molecule has 0 saturated carbocycles. The molecule has 0 radical (unpaired) electrons. The van der Waals surface area contributed by atoms with E-state index in [1.165, 1.54) is 86.1 Å². The third-order valence-corrected chi connectivity index (χ3v) is 13.3. The van der Waals surface area contributed by atoms with Crippen LogP contribution in [0.4, 0.5) is 17.1 Å². The van der Waals surface area contributed by atoms with E-state index in [1.807, 2.05) is 11.3 Å².